The number of benzene rings is 3. The lowest BCUT2D eigenvalue weighted by atomic mass is 10.2. The lowest BCUT2D eigenvalue weighted by molar-refractivity contribution is 0.0361. The minimum Gasteiger partial charge on any atom is -0.442 e. The highest BCUT2D eigenvalue weighted by Crippen LogP contribution is 2.39. The van der Waals surface area contributed by atoms with E-state index >= 15 is 0 Å². The van der Waals surface area contributed by atoms with Gasteiger partial charge >= 0.3 is 5.97 Å². The SMILES string of the molecule is C#CC1(OC(=O)c2ccc([S+](c3ccccc3)c3ccccc3)cc2)CC1. The maximum absolute atomic E-state index is 12.4. The van der Waals surface area contributed by atoms with Crippen molar-refractivity contribution >= 4 is 16.9 Å². The molecule has 0 atom stereocenters. The molecule has 0 heterocycles. The third kappa shape index (κ3) is 3.77. The van der Waals surface area contributed by atoms with E-state index in [1.165, 1.54) is 9.79 Å². The van der Waals surface area contributed by atoms with Gasteiger partial charge in [-0.2, -0.15) is 0 Å². The fraction of sp³-hybridized carbons (Fsp3) is 0.125. The number of ether oxygens (including phenoxy) is 1. The van der Waals surface area contributed by atoms with Crippen molar-refractivity contribution in [3.05, 3.63) is 90.5 Å². The van der Waals surface area contributed by atoms with Gasteiger partial charge in [0.2, 0.25) is 0 Å². The van der Waals surface area contributed by atoms with Crippen molar-refractivity contribution in [2.24, 2.45) is 0 Å². The first-order valence-corrected chi connectivity index (χ1v) is 10.1. The van der Waals surface area contributed by atoms with Gasteiger partial charge in [0.1, 0.15) is 0 Å². The van der Waals surface area contributed by atoms with E-state index < -0.39 is 5.60 Å². The Bertz CT molecular complexity index is 929. The van der Waals surface area contributed by atoms with Crippen LogP contribution in [0.3, 0.4) is 0 Å². The van der Waals surface area contributed by atoms with Gasteiger partial charge < -0.3 is 4.74 Å². The average Bonchev–Trinajstić information content (AvgIpc) is 3.50. The summed E-state index contributed by atoms with van der Waals surface area (Å²) in [6, 6.07) is 28.5. The van der Waals surface area contributed by atoms with Crippen molar-refractivity contribution in [2.75, 3.05) is 0 Å². The van der Waals surface area contributed by atoms with Gasteiger partial charge in [-0.3, -0.25) is 0 Å². The molecule has 0 saturated heterocycles. The first kappa shape index (κ1) is 17.5. The van der Waals surface area contributed by atoms with Crippen LogP contribution in [-0.4, -0.2) is 11.6 Å². The fourth-order valence-electron chi connectivity index (χ4n) is 2.87. The minimum absolute atomic E-state index is 0.229. The largest absolute Gasteiger partial charge is 0.442 e. The summed E-state index contributed by atoms with van der Waals surface area (Å²) in [6.45, 7) is 0. The molecule has 0 radical (unpaired) electrons. The van der Waals surface area contributed by atoms with E-state index in [0.717, 1.165) is 17.7 Å². The Morgan fingerprint density at radius 1 is 0.815 bits per heavy atom. The van der Waals surface area contributed by atoms with Crippen LogP contribution in [0.5, 0.6) is 0 Å². The predicted molar refractivity (Wildman–Crippen MR) is 108 cm³/mol. The van der Waals surface area contributed by atoms with E-state index in [1.54, 1.807) is 0 Å². The Kier molecular flexibility index (Phi) is 4.75. The van der Waals surface area contributed by atoms with Crippen LogP contribution in [0.15, 0.2) is 99.6 Å². The molecule has 0 N–H and O–H groups in total. The molecule has 132 valence electrons. The molecular weight excluding hydrogens is 352 g/mol. The second-order valence-electron chi connectivity index (χ2n) is 6.48. The molecule has 3 heteroatoms. The van der Waals surface area contributed by atoms with Crippen molar-refractivity contribution in [1.82, 2.24) is 0 Å². The summed E-state index contributed by atoms with van der Waals surface area (Å²) in [5.74, 6) is 2.23. The van der Waals surface area contributed by atoms with Crippen LogP contribution >= 0.6 is 0 Å². The van der Waals surface area contributed by atoms with Crippen molar-refractivity contribution in [3.63, 3.8) is 0 Å². The molecule has 0 aromatic heterocycles. The second kappa shape index (κ2) is 7.34. The highest BCUT2D eigenvalue weighted by atomic mass is 32.2. The Morgan fingerprint density at radius 3 is 1.74 bits per heavy atom. The highest BCUT2D eigenvalue weighted by molar-refractivity contribution is 7.97. The molecular formula is C24H19O2S+. The minimum atomic E-state index is -0.673. The summed E-state index contributed by atoms with van der Waals surface area (Å²) in [5, 5.41) is 0. The maximum atomic E-state index is 12.4. The Balaban J connectivity index is 1.64. The van der Waals surface area contributed by atoms with Gasteiger partial charge in [-0.1, -0.05) is 42.3 Å². The third-order valence-corrected chi connectivity index (χ3v) is 6.77. The summed E-state index contributed by atoms with van der Waals surface area (Å²) >= 11 is 0. The molecule has 0 unspecified atom stereocenters. The van der Waals surface area contributed by atoms with E-state index in [2.05, 4.69) is 54.5 Å². The summed E-state index contributed by atoms with van der Waals surface area (Å²) in [4.78, 5) is 16.0. The zero-order valence-corrected chi connectivity index (χ0v) is 15.6. The molecule has 1 aliphatic carbocycles. The number of esters is 1. The number of rotatable bonds is 5. The first-order chi connectivity index (χ1) is 13.2. The normalized spacial score (nSPS) is 14.4. The summed E-state index contributed by atoms with van der Waals surface area (Å²) in [7, 11) is -0.229. The molecule has 4 rings (SSSR count). The Labute approximate surface area is 162 Å². The highest BCUT2D eigenvalue weighted by Gasteiger charge is 2.45. The van der Waals surface area contributed by atoms with Gasteiger partial charge in [-0.25, -0.2) is 4.79 Å². The standard InChI is InChI=1S/C24H19O2S/c1-2-24(17-18-24)26-23(25)19-13-15-22(16-14-19)27(20-9-5-3-6-10-20)21-11-7-4-8-12-21/h1,3-16H,17-18H2/q+1. The molecule has 3 aromatic carbocycles. The maximum Gasteiger partial charge on any atom is 0.339 e. The monoisotopic (exact) mass is 371 g/mol. The summed E-state index contributed by atoms with van der Waals surface area (Å²) in [6.07, 6.45) is 6.96. The Hall–Kier alpha value is -2.96. The van der Waals surface area contributed by atoms with Crippen LogP contribution in [0.25, 0.3) is 0 Å². The second-order valence-corrected chi connectivity index (χ2v) is 8.51. The van der Waals surface area contributed by atoms with Crippen LogP contribution in [0.2, 0.25) is 0 Å². The number of terminal acetylenes is 1. The molecule has 0 amide bonds. The zero-order chi connectivity index (χ0) is 18.7. The van der Waals surface area contributed by atoms with E-state index in [-0.39, 0.29) is 16.9 Å². The van der Waals surface area contributed by atoms with E-state index in [9.17, 15) is 4.79 Å². The van der Waals surface area contributed by atoms with Crippen LogP contribution in [0.4, 0.5) is 0 Å². The lowest BCUT2D eigenvalue weighted by Gasteiger charge is -2.11. The molecule has 0 aliphatic heterocycles. The van der Waals surface area contributed by atoms with Crippen LogP contribution < -0.4 is 0 Å². The van der Waals surface area contributed by atoms with Crippen LogP contribution in [0, 0.1) is 12.3 Å². The van der Waals surface area contributed by atoms with Crippen LogP contribution in [0.1, 0.15) is 23.2 Å². The molecule has 1 saturated carbocycles. The number of hydrogen-bond acceptors (Lipinski definition) is 2. The van der Waals surface area contributed by atoms with Gasteiger partial charge in [0.15, 0.2) is 20.3 Å². The van der Waals surface area contributed by atoms with Gasteiger partial charge in [-0.15, -0.1) is 6.42 Å². The van der Waals surface area contributed by atoms with Crippen molar-refractivity contribution in [3.8, 4) is 12.3 Å². The van der Waals surface area contributed by atoms with E-state index in [4.69, 9.17) is 11.2 Å². The quantitative estimate of drug-likeness (QED) is 0.354. The average molecular weight is 371 g/mol. The lowest BCUT2D eigenvalue weighted by Crippen LogP contribution is -2.17. The molecule has 2 nitrogen and oxygen atoms in total. The molecule has 3 aromatic rings. The molecule has 1 aliphatic rings. The van der Waals surface area contributed by atoms with Crippen molar-refractivity contribution in [2.45, 2.75) is 33.1 Å². The zero-order valence-electron chi connectivity index (χ0n) is 14.8. The smallest absolute Gasteiger partial charge is 0.339 e. The van der Waals surface area contributed by atoms with Crippen molar-refractivity contribution < 1.29 is 9.53 Å². The fourth-order valence-corrected chi connectivity index (χ4v) is 4.96. The molecule has 0 bridgehead atoms. The first-order valence-electron chi connectivity index (χ1n) is 8.86. The van der Waals surface area contributed by atoms with Gasteiger partial charge in [0, 0.05) is 12.8 Å². The van der Waals surface area contributed by atoms with Gasteiger partial charge in [0.25, 0.3) is 0 Å². The van der Waals surface area contributed by atoms with E-state index in [0.29, 0.717) is 5.56 Å². The van der Waals surface area contributed by atoms with E-state index in [1.807, 2.05) is 36.4 Å². The topological polar surface area (TPSA) is 26.3 Å². The summed E-state index contributed by atoms with van der Waals surface area (Å²) < 4.78 is 5.48. The molecule has 1 fully saturated rings. The number of carbonyl (C=O) groups excluding carboxylic acids is 1. The van der Waals surface area contributed by atoms with Crippen molar-refractivity contribution in [1.29, 1.82) is 0 Å². The van der Waals surface area contributed by atoms with Gasteiger partial charge in [0.05, 0.1) is 16.5 Å². The van der Waals surface area contributed by atoms with Gasteiger partial charge in [-0.05, 0) is 48.5 Å². The molecule has 27 heavy (non-hydrogen) atoms. The third-order valence-electron chi connectivity index (χ3n) is 4.54. The number of hydrogen-bond donors (Lipinski definition) is 0. The molecule has 0 spiro atoms. The number of carbonyl (C=O) groups is 1. The van der Waals surface area contributed by atoms with Crippen LogP contribution in [-0.2, 0) is 15.6 Å². The Morgan fingerprint density at radius 2 is 1.30 bits per heavy atom. The summed E-state index contributed by atoms with van der Waals surface area (Å²) in [5.41, 5.74) is -0.140. The predicted octanol–water partition coefficient (Wildman–Crippen LogP) is 5.10.